The normalized spacial score (nSPS) is 15.6. The lowest BCUT2D eigenvalue weighted by Gasteiger charge is -1.99. The average molecular weight is 238 g/mol. The molecule has 4 nitrogen and oxygen atoms in total. The number of aromatic nitrogens is 1. The fraction of sp³-hybridized carbons (Fsp3) is 0. The molecule has 2 aromatic rings. The first kappa shape index (κ1) is 10.5. The molecule has 18 heavy (non-hydrogen) atoms. The van der Waals surface area contributed by atoms with E-state index in [9.17, 15) is 9.90 Å². The number of anilines is 1. The van der Waals surface area contributed by atoms with Gasteiger partial charge in [0.15, 0.2) is 0 Å². The van der Waals surface area contributed by atoms with Gasteiger partial charge in [0, 0.05) is 29.2 Å². The van der Waals surface area contributed by atoms with Gasteiger partial charge in [-0.25, -0.2) is 0 Å². The van der Waals surface area contributed by atoms with Crippen LogP contribution in [-0.4, -0.2) is 16.0 Å². The maximum atomic E-state index is 11.9. The molecule has 1 aromatic heterocycles. The van der Waals surface area contributed by atoms with Crippen LogP contribution in [0.3, 0.4) is 0 Å². The number of phenolic OH excluding ortho intramolecular Hbond substituents is 1. The van der Waals surface area contributed by atoms with Crippen molar-refractivity contribution in [3.63, 3.8) is 0 Å². The summed E-state index contributed by atoms with van der Waals surface area (Å²) in [6.07, 6.45) is 5.12. The number of hydrogen-bond acceptors (Lipinski definition) is 3. The second-order valence-corrected chi connectivity index (χ2v) is 4.02. The monoisotopic (exact) mass is 238 g/mol. The molecular weight excluding hydrogens is 228 g/mol. The molecule has 0 saturated carbocycles. The molecule has 3 rings (SSSR count). The van der Waals surface area contributed by atoms with Gasteiger partial charge in [0.25, 0.3) is 5.91 Å². The Kier molecular flexibility index (Phi) is 2.34. The first-order valence-electron chi connectivity index (χ1n) is 5.50. The molecule has 0 unspecified atom stereocenters. The quantitative estimate of drug-likeness (QED) is 0.591. The third-order valence-corrected chi connectivity index (χ3v) is 2.80. The number of carbonyl (C=O) groups is 1. The molecule has 1 aliphatic heterocycles. The van der Waals surface area contributed by atoms with Gasteiger partial charge in [-0.05, 0) is 42.0 Å². The number of amides is 1. The number of hydrogen-bond donors (Lipinski definition) is 2. The van der Waals surface area contributed by atoms with Gasteiger partial charge in [0.1, 0.15) is 5.75 Å². The van der Waals surface area contributed by atoms with Crippen molar-refractivity contribution in [2.75, 3.05) is 5.32 Å². The molecule has 0 spiro atoms. The highest BCUT2D eigenvalue weighted by Crippen LogP contribution is 2.35. The summed E-state index contributed by atoms with van der Waals surface area (Å²) in [6.45, 7) is 0. The predicted octanol–water partition coefficient (Wildman–Crippen LogP) is 2.28. The van der Waals surface area contributed by atoms with E-state index in [1.54, 1.807) is 36.7 Å². The lowest BCUT2D eigenvalue weighted by molar-refractivity contribution is -0.110. The van der Waals surface area contributed by atoms with Crippen molar-refractivity contribution in [1.82, 2.24) is 4.98 Å². The number of rotatable bonds is 1. The van der Waals surface area contributed by atoms with Crippen LogP contribution in [0.25, 0.3) is 11.6 Å². The van der Waals surface area contributed by atoms with E-state index in [-0.39, 0.29) is 11.7 Å². The van der Waals surface area contributed by atoms with Gasteiger partial charge in [0.05, 0.1) is 0 Å². The van der Waals surface area contributed by atoms with Crippen molar-refractivity contribution in [2.45, 2.75) is 0 Å². The Morgan fingerprint density at radius 3 is 2.72 bits per heavy atom. The average Bonchev–Trinajstić information content (AvgIpc) is 2.67. The topological polar surface area (TPSA) is 62.2 Å². The second-order valence-electron chi connectivity index (χ2n) is 4.02. The summed E-state index contributed by atoms with van der Waals surface area (Å²) in [7, 11) is 0. The minimum Gasteiger partial charge on any atom is -0.508 e. The zero-order valence-electron chi connectivity index (χ0n) is 9.42. The highest BCUT2D eigenvalue weighted by molar-refractivity contribution is 6.35. The van der Waals surface area contributed by atoms with E-state index in [0.29, 0.717) is 5.57 Å². The van der Waals surface area contributed by atoms with Crippen LogP contribution < -0.4 is 5.32 Å². The van der Waals surface area contributed by atoms with Gasteiger partial charge in [-0.3, -0.25) is 9.78 Å². The van der Waals surface area contributed by atoms with Crippen LogP contribution >= 0.6 is 0 Å². The molecular formula is C14H10N2O2. The molecule has 2 N–H and O–H groups in total. The lowest BCUT2D eigenvalue weighted by atomic mass is 10.0. The third kappa shape index (κ3) is 1.73. The molecule has 0 bridgehead atoms. The van der Waals surface area contributed by atoms with Crippen molar-refractivity contribution < 1.29 is 9.90 Å². The molecule has 1 aromatic carbocycles. The van der Waals surface area contributed by atoms with Gasteiger partial charge < -0.3 is 10.4 Å². The Morgan fingerprint density at radius 2 is 1.94 bits per heavy atom. The molecule has 0 aliphatic carbocycles. The fourth-order valence-electron chi connectivity index (χ4n) is 1.95. The van der Waals surface area contributed by atoms with E-state index in [4.69, 9.17) is 0 Å². The van der Waals surface area contributed by atoms with Crippen LogP contribution in [0.1, 0.15) is 11.1 Å². The van der Waals surface area contributed by atoms with Gasteiger partial charge in [-0.1, -0.05) is 0 Å². The molecule has 2 heterocycles. The highest BCUT2D eigenvalue weighted by atomic mass is 16.3. The van der Waals surface area contributed by atoms with Gasteiger partial charge in [-0.2, -0.15) is 0 Å². The van der Waals surface area contributed by atoms with Crippen LogP contribution in [0.5, 0.6) is 5.75 Å². The molecule has 0 atom stereocenters. The van der Waals surface area contributed by atoms with E-state index in [0.717, 1.165) is 16.8 Å². The molecule has 1 aliphatic rings. The standard InChI is InChI=1S/C14H10N2O2/c17-10-1-2-13-11(8-10)12(14(18)16-13)7-9-3-5-15-6-4-9/h1-8,17H,(H,16,18)/b12-7+. The maximum absolute atomic E-state index is 11.9. The molecule has 4 heteroatoms. The summed E-state index contributed by atoms with van der Waals surface area (Å²) in [6, 6.07) is 8.47. The smallest absolute Gasteiger partial charge is 0.256 e. The van der Waals surface area contributed by atoms with Crippen LogP contribution in [0.15, 0.2) is 42.7 Å². The highest BCUT2D eigenvalue weighted by Gasteiger charge is 2.24. The number of pyridine rings is 1. The Bertz CT molecular complexity index is 648. The van der Waals surface area contributed by atoms with Crippen LogP contribution in [0, 0.1) is 0 Å². The summed E-state index contributed by atoms with van der Waals surface area (Å²) in [5.41, 5.74) is 2.88. The fourth-order valence-corrected chi connectivity index (χ4v) is 1.95. The Labute approximate surface area is 104 Å². The predicted molar refractivity (Wildman–Crippen MR) is 68.8 cm³/mol. The number of nitrogens with one attached hydrogen (secondary N) is 1. The summed E-state index contributed by atoms with van der Waals surface area (Å²) in [4.78, 5) is 15.8. The molecule has 88 valence electrons. The number of nitrogens with zero attached hydrogens (tertiary/aromatic N) is 1. The van der Waals surface area contributed by atoms with E-state index in [1.807, 2.05) is 12.1 Å². The van der Waals surface area contributed by atoms with E-state index >= 15 is 0 Å². The van der Waals surface area contributed by atoms with E-state index < -0.39 is 0 Å². The second kappa shape index (κ2) is 4.00. The van der Waals surface area contributed by atoms with Crippen molar-refractivity contribution in [1.29, 1.82) is 0 Å². The van der Waals surface area contributed by atoms with Crippen molar-refractivity contribution in [2.24, 2.45) is 0 Å². The molecule has 0 saturated heterocycles. The zero-order chi connectivity index (χ0) is 12.5. The van der Waals surface area contributed by atoms with Gasteiger partial charge in [0.2, 0.25) is 0 Å². The summed E-state index contributed by atoms with van der Waals surface area (Å²) in [5.74, 6) is -0.0155. The summed E-state index contributed by atoms with van der Waals surface area (Å²) < 4.78 is 0. The van der Waals surface area contributed by atoms with E-state index in [1.165, 1.54) is 0 Å². The largest absolute Gasteiger partial charge is 0.508 e. The maximum Gasteiger partial charge on any atom is 0.256 e. The van der Waals surface area contributed by atoms with Crippen molar-refractivity contribution in [3.8, 4) is 5.75 Å². The molecule has 0 radical (unpaired) electrons. The summed E-state index contributed by atoms with van der Waals surface area (Å²) >= 11 is 0. The minimum atomic E-state index is -0.160. The molecule has 1 amide bonds. The first-order valence-corrected chi connectivity index (χ1v) is 5.50. The lowest BCUT2D eigenvalue weighted by Crippen LogP contribution is -2.03. The van der Waals surface area contributed by atoms with E-state index in [2.05, 4.69) is 10.3 Å². The van der Waals surface area contributed by atoms with Gasteiger partial charge >= 0.3 is 0 Å². The van der Waals surface area contributed by atoms with Gasteiger partial charge in [-0.15, -0.1) is 0 Å². The summed E-state index contributed by atoms with van der Waals surface area (Å²) in [5, 5.41) is 12.3. The van der Waals surface area contributed by atoms with Crippen molar-refractivity contribution in [3.05, 3.63) is 53.9 Å². The molecule has 0 fully saturated rings. The third-order valence-electron chi connectivity index (χ3n) is 2.80. The number of phenols is 1. The first-order chi connectivity index (χ1) is 8.74. The van der Waals surface area contributed by atoms with Crippen LogP contribution in [-0.2, 0) is 4.79 Å². The Morgan fingerprint density at radius 1 is 1.17 bits per heavy atom. The van der Waals surface area contributed by atoms with Crippen molar-refractivity contribution >= 4 is 23.2 Å². The SMILES string of the molecule is O=C1Nc2ccc(O)cc2/C1=C\c1ccncc1. The Hall–Kier alpha value is -2.62. The number of carbonyl (C=O) groups excluding carboxylic acids is 1. The number of fused-ring (bicyclic) bond motifs is 1. The number of aromatic hydroxyl groups is 1. The van der Waals surface area contributed by atoms with Crippen LogP contribution in [0.4, 0.5) is 5.69 Å². The zero-order valence-corrected chi connectivity index (χ0v) is 9.42. The minimum absolute atomic E-state index is 0.144. The Balaban J connectivity index is 2.12. The van der Waals surface area contributed by atoms with Crippen LogP contribution in [0.2, 0.25) is 0 Å². The number of benzene rings is 1.